The van der Waals surface area contributed by atoms with E-state index in [0.717, 1.165) is 24.2 Å². The predicted molar refractivity (Wildman–Crippen MR) is 66.9 cm³/mol. The summed E-state index contributed by atoms with van der Waals surface area (Å²) in [6.07, 6.45) is 7.11. The number of carbonyl (C=O) groups is 1. The van der Waals surface area contributed by atoms with Gasteiger partial charge in [-0.05, 0) is 43.3 Å². The van der Waals surface area contributed by atoms with E-state index in [9.17, 15) is 4.79 Å². The summed E-state index contributed by atoms with van der Waals surface area (Å²) in [5.41, 5.74) is 0. The summed E-state index contributed by atoms with van der Waals surface area (Å²) in [4.78, 5) is 12.9. The van der Waals surface area contributed by atoms with Gasteiger partial charge in [-0.3, -0.25) is 9.52 Å². The summed E-state index contributed by atoms with van der Waals surface area (Å²) < 4.78 is 2.91. The third kappa shape index (κ3) is 3.14. The van der Waals surface area contributed by atoms with Gasteiger partial charge in [0.15, 0.2) is 0 Å². The molecule has 0 spiro atoms. The molecule has 1 aliphatic carbocycles. The van der Waals surface area contributed by atoms with Gasteiger partial charge in [0.05, 0.1) is 0 Å². The lowest BCUT2D eigenvalue weighted by Gasteiger charge is -2.16. The highest BCUT2D eigenvalue weighted by Gasteiger charge is 2.18. The average molecular weight is 233 g/mol. The second-order valence-electron chi connectivity index (χ2n) is 3.86. The Bertz CT molecular complexity index is 375. The smallest absolute Gasteiger partial charge is 0.233 e. The van der Waals surface area contributed by atoms with Crippen LogP contribution in [0.3, 0.4) is 0 Å². The molecule has 1 amide bonds. The fourth-order valence-corrected chi connectivity index (χ4v) is 2.39. The Morgan fingerprint density at radius 2 is 2.06 bits per heavy atom. The molecule has 0 aliphatic heterocycles. The molecule has 2 rings (SSSR count). The highest BCUT2D eigenvalue weighted by Crippen LogP contribution is 2.20. The van der Waals surface area contributed by atoms with E-state index in [2.05, 4.69) is 16.9 Å². The van der Waals surface area contributed by atoms with Crippen LogP contribution in [-0.4, -0.2) is 5.91 Å². The molecule has 1 unspecified atom stereocenters. The van der Waals surface area contributed by atoms with Crippen LogP contribution in [0.1, 0.15) is 19.3 Å². The Morgan fingerprint density at radius 1 is 1.25 bits per heavy atom. The van der Waals surface area contributed by atoms with Crippen LogP contribution in [0.4, 0.5) is 0 Å². The van der Waals surface area contributed by atoms with Crippen LogP contribution in [0, 0.1) is 5.92 Å². The van der Waals surface area contributed by atoms with E-state index in [0.29, 0.717) is 0 Å². The van der Waals surface area contributed by atoms with E-state index in [-0.39, 0.29) is 11.8 Å². The van der Waals surface area contributed by atoms with Gasteiger partial charge >= 0.3 is 0 Å². The first-order chi connectivity index (χ1) is 7.86. The molecule has 0 fully saturated rings. The maximum Gasteiger partial charge on any atom is 0.233 e. The molecule has 1 atom stereocenters. The highest BCUT2D eigenvalue weighted by atomic mass is 32.2. The molecular weight excluding hydrogens is 218 g/mol. The van der Waals surface area contributed by atoms with Crippen LogP contribution >= 0.6 is 11.9 Å². The molecule has 0 radical (unpaired) electrons. The Labute approximate surface area is 100 Å². The quantitative estimate of drug-likeness (QED) is 0.642. The largest absolute Gasteiger partial charge is 0.296 e. The second-order valence-corrected chi connectivity index (χ2v) is 4.74. The molecule has 1 aliphatic rings. The molecule has 84 valence electrons. The number of hydrogen-bond acceptors (Lipinski definition) is 2. The van der Waals surface area contributed by atoms with Crippen molar-refractivity contribution in [3.63, 3.8) is 0 Å². The summed E-state index contributed by atoms with van der Waals surface area (Å²) in [5.74, 6) is 0.305. The molecule has 1 aromatic carbocycles. The van der Waals surface area contributed by atoms with Gasteiger partial charge in [-0.25, -0.2) is 0 Å². The molecule has 0 aromatic heterocycles. The van der Waals surface area contributed by atoms with Gasteiger partial charge in [-0.2, -0.15) is 0 Å². The molecule has 0 saturated heterocycles. The maximum atomic E-state index is 11.8. The van der Waals surface area contributed by atoms with Gasteiger partial charge in [0, 0.05) is 10.8 Å². The first-order valence-corrected chi connectivity index (χ1v) is 6.34. The number of hydrogen-bond donors (Lipinski definition) is 1. The standard InChI is InChI=1S/C13H15NOS/c15-13(11-7-3-1-4-8-11)14-16-12-9-5-2-6-10-12/h1-3,5-6,9-11H,4,7-8H2,(H,14,15). The van der Waals surface area contributed by atoms with Gasteiger partial charge < -0.3 is 0 Å². The SMILES string of the molecule is O=C(NSc1ccccc1)C1CC=CCC1. The van der Waals surface area contributed by atoms with Crippen molar-refractivity contribution in [1.82, 2.24) is 4.72 Å². The Morgan fingerprint density at radius 3 is 2.75 bits per heavy atom. The number of rotatable bonds is 3. The number of benzene rings is 1. The Balaban J connectivity index is 1.82. The number of carbonyl (C=O) groups excluding carboxylic acids is 1. The van der Waals surface area contributed by atoms with Crippen LogP contribution in [-0.2, 0) is 4.79 Å². The van der Waals surface area contributed by atoms with Crippen molar-refractivity contribution in [2.45, 2.75) is 24.2 Å². The second kappa shape index (κ2) is 5.75. The fraction of sp³-hybridized carbons (Fsp3) is 0.308. The van der Waals surface area contributed by atoms with Crippen LogP contribution < -0.4 is 4.72 Å². The van der Waals surface area contributed by atoms with Crippen LogP contribution in [0.25, 0.3) is 0 Å². The van der Waals surface area contributed by atoms with Gasteiger partial charge in [0.25, 0.3) is 0 Å². The minimum atomic E-state index is 0.151. The molecule has 3 heteroatoms. The van der Waals surface area contributed by atoms with Crippen molar-refractivity contribution < 1.29 is 4.79 Å². The minimum absolute atomic E-state index is 0.151. The van der Waals surface area contributed by atoms with E-state index < -0.39 is 0 Å². The predicted octanol–water partition coefficient (Wildman–Crippen LogP) is 3.17. The van der Waals surface area contributed by atoms with Gasteiger partial charge in [-0.15, -0.1) is 0 Å². The van der Waals surface area contributed by atoms with E-state index in [4.69, 9.17) is 0 Å². The highest BCUT2D eigenvalue weighted by molar-refractivity contribution is 7.98. The summed E-state index contributed by atoms with van der Waals surface area (Å²) in [6.45, 7) is 0. The topological polar surface area (TPSA) is 29.1 Å². The summed E-state index contributed by atoms with van der Waals surface area (Å²) in [6, 6.07) is 9.89. The van der Waals surface area contributed by atoms with Gasteiger partial charge in [0.1, 0.15) is 0 Å². The van der Waals surface area contributed by atoms with Crippen molar-refractivity contribution >= 4 is 17.9 Å². The third-order valence-electron chi connectivity index (χ3n) is 2.65. The lowest BCUT2D eigenvalue weighted by molar-refractivity contribution is -0.123. The molecule has 1 aromatic rings. The summed E-state index contributed by atoms with van der Waals surface area (Å²) in [7, 11) is 0. The maximum absolute atomic E-state index is 11.8. The van der Waals surface area contributed by atoms with Gasteiger partial charge in [-0.1, -0.05) is 30.4 Å². The van der Waals surface area contributed by atoms with Crippen molar-refractivity contribution in [2.75, 3.05) is 0 Å². The van der Waals surface area contributed by atoms with E-state index >= 15 is 0 Å². The number of nitrogens with one attached hydrogen (secondary N) is 1. The molecule has 1 N–H and O–H groups in total. The van der Waals surface area contributed by atoms with E-state index in [1.807, 2.05) is 30.3 Å². The zero-order chi connectivity index (χ0) is 11.2. The van der Waals surface area contributed by atoms with Crippen molar-refractivity contribution in [3.8, 4) is 0 Å². The Kier molecular flexibility index (Phi) is 4.05. The molecule has 16 heavy (non-hydrogen) atoms. The van der Waals surface area contributed by atoms with Crippen LogP contribution in [0.15, 0.2) is 47.4 Å². The lowest BCUT2D eigenvalue weighted by Crippen LogP contribution is -2.26. The monoisotopic (exact) mass is 233 g/mol. The Hall–Kier alpha value is -1.22. The summed E-state index contributed by atoms with van der Waals surface area (Å²) in [5, 5.41) is 0. The zero-order valence-electron chi connectivity index (χ0n) is 9.06. The van der Waals surface area contributed by atoms with Crippen LogP contribution in [0.5, 0.6) is 0 Å². The zero-order valence-corrected chi connectivity index (χ0v) is 9.87. The molecule has 0 heterocycles. The van der Waals surface area contributed by atoms with Crippen LogP contribution in [0.2, 0.25) is 0 Å². The molecular formula is C13H15NOS. The summed E-state index contributed by atoms with van der Waals surface area (Å²) >= 11 is 1.40. The number of amides is 1. The average Bonchev–Trinajstić information content (AvgIpc) is 2.38. The number of allylic oxidation sites excluding steroid dienone is 2. The van der Waals surface area contributed by atoms with Gasteiger partial charge in [0.2, 0.25) is 5.91 Å². The minimum Gasteiger partial charge on any atom is -0.296 e. The van der Waals surface area contributed by atoms with E-state index in [1.165, 1.54) is 11.9 Å². The first kappa shape index (κ1) is 11.3. The molecule has 0 bridgehead atoms. The van der Waals surface area contributed by atoms with E-state index in [1.54, 1.807) is 0 Å². The van der Waals surface area contributed by atoms with Crippen molar-refractivity contribution in [1.29, 1.82) is 0 Å². The van der Waals surface area contributed by atoms with Crippen molar-refractivity contribution in [2.24, 2.45) is 5.92 Å². The van der Waals surface area contributed by atoms with Crippen molar-refractivity contribution in [3.05, 3.63) is 42.5 Å². The molecule has 2 nitrogen and oxygen atoms in total. The first-order valence-electron chi connectivity index (χ1n) is 5.53. The molecule has 0 saturated carbocycles. The fourth-order valence-electron chi connectivity index (χ4n) is 1.71. The normalized spacial score (nSPS) is 19.4. The lowest BCUT2D eigenvalue weighted by atomic mass is 9.94. The third-order valence-corrected chi connectivity index (χ3v) is 3.46.